The van der Waals surface area contributed by atoms with Crippen molar-refractivity contribution in [2.24, 2.45) is 17.8 Å². The number of aryl methyl sites for hydroxylation is 1. The van der Waals surface area contributed by atoms with Gasteiger partial charge in [-0.3, -0.25) is 4.57 Å². The summed E-state index contributed by atoms with van der Waals surface area (Å²) in [7, 11) is 1.35. The van der Waals surface area contributed by atoms with Gasteiger partial charge in [-0.15, -0.1) is 0 Å². The Morgan fingerprint density at radius 3 is 2.65 bits per heavy atom. The van der Waals surface area contributed by atoms with Crippen LogP contribution in [0.25, 0.3) is 11.1 Å². The average molecular weight is 496 g/mol. The molecule has 0 unspecified atom stereocenters. The van der Waals surface area contributed by atoms with Gasteiger partial charge in [0.2, 0.25) is 5.88 Å². The Morgan fingerprint density at radius 2 is 2.03 bits per heavy atom. The summed E-state index contributed by atoms with van der Waals surface area (Å²) in [5.74, 6) is -2.09. The van der Waals surface area contributed by atoms with Gasteiger partial charge < -0.3 is 20.0 Å². The number of hydrogen-bond acceptors (Lipinski definition) is 6. The van der Waals surface area contributed by atoms with Crippen LogP contribution in [-0.4, -0.2) is 22.1 Å². The van der Waals surface area contributed by atoms with Crippen LogP contribution in [0.4, 0.5) is 13.2 Å². The fourth-order valence-electron chi connectivity index (χ4n) is 3.51. The third-order valence-electron chi connectivity index (χ3n) is 5.38. The fraction of sp³-hybridized carbons (Fsp3) is 0.217. The highest BCUT2D eigenvalue weighted by Gasteiger charge is 2.59. The Labute approximate surface area is 197 Å². The smallest absolute Gasteiger partial charge is 0.422 e. The van der Waals surface area contributed by atoms with Gasteiger partial charge >= 0.3 is 11.9 Å². The molecule has 0 bridgehead atoms. The van der Waals surface area contributed by atoms with Crippen LogP contribution in [0, 0.1) is 0 Å². The van der Waals surface area contributed by atoms with Crippen LogP contribution < -0.4 is 16.2 Å². The molecule has 34 heavy (non-hydrogen) atoms. The molecule has 0 radical (unpaired) electrons. The zero-order valence-electron chi connectivity index (χ0n) is 18.1. The van der Waals surface area contributed by atoms with E-state index in [0.717, 1.165) is 16.7 Å². The van der Waals surface area contributed by atoms with E-state index in [1.165, 1.54) is 56.7 Å². The van der Waals surface area contributed by atoms with E-state index >= 15 is 0 Å². The largest absolute Gasteiger partial charge is 0.440 e. The molecule has 2 atom stereocenters. The molecule has 1 aromatic heterocycles. The summed E-state index contributed by atoms with van der Waals surface area (Å²) in [6.45, 7) is 4.80. The van der Waals surface area contributed by atoms with Crippen LogP contribution in [0.1, 0.15) is 24.0 Å². The van der Waals surface area contributed by atoms with E-state index in [1.807, 2.05) is 0 Å². The molecule has 0 aliphatic rings. The minimum Gasteiger partial charge on any atom is -0.440 e. The van der Waals surface area contributed by atoms with Crippen LogP contribution in [0.5, 0.6) is 5.75 Å². The van der Waals surface area contributed by atoms with E-state index in [0.29, 0.717) is 0 Å². The van der Waals surface area contributed by atoms with Gasteiger partial charge in [-0.1, -0.05) is 30.7 Å². The van der Waals surface area contributed by atoms with Gasteiger partial charge in [0, 0.05) is 24.2 Å². The highest BCUT2D eigenvalue weighted by molar-refractivity contribution is 6.31. The lowest BCUT2D eigenvalue weighted by Gasteiger charge is -2.37. The van der Waals surface area contributed by atoms with Crippen molar-refractivity contribution in [3.05, 3.63) is 87.8 Å². The molecule has 1 heterocycles. The average Bonchev–Trinajstić information content (AvgIpc) is 3.05. The Kier molecular flexibility index (Phi) is 6.94. The number of benzene rings is 2. The summed E-state index contributed by atoms with van der Waals surface area (Å²) >= 11 is 6.29. The van der Waals surface area contributed by atoms with Crippen molar-refractivity contribution >= 4 is 28.9 Å². The topological polar surface area (TPSA) is 103 Å². The maximum atomic E-state index is 14.3. The van der Waals surface area contributed by atoms with Gasteiger partial charge in [0.25, 0.3) is 0 Å². The second kappa shape index (κ2) is 9.40. The second-order valence-electron chi connectivity index (χ2n) is 7.44. The maximum Gasteiger partial charge on any atom is 0.422 e. The molecule has 0 aliphatic carbocycles. The Bertz CT molecular complexity index is 1340. The molecule has 0 saturated carbocycles. The molecule has 3 aromatic rings. The number of ether oxygens (including phenoxy) is 1. The third-order valence-corrected chi connectivity index (χ3v) is 5.71. The molecule has 0 saturated heterocycles. The van der Waals surface area contributed by atoms with Gasteiger partial charge in [0.05, 0.1) is 5.52 Å². The highest BCUT2D eigenvalue weighted by atomic mass is 35.5. The number of nitrogens with zero attached hydrogens (tertiary/aromatic N) is 2. The first-order valence-electron chi connectivity index (χ1n) is 9.86. The number of hydrogen-bond donors (Lipinski definition) is 2. The van der Waals surface area contributed by atoms with Crippen LogP contribution in [-0.2, 0) is 12.6 Å². The third kappa shape index (κ3) is 4.59. The minimum atomic E-state index is -5.08. The molecule has 11 heteroatoms. The quantitative estimate of drug-likeness (QED) is 0.364. The number of allylic oxidation sites excluding steroid dienone is 1. The van der Waals surface area contributed by atoms with Crippen LogP contribution >= 0.6 is 11.6 Å². The lowest BCUT2D eigenvalue weighted by atomic mass is 9.77. The van der Waals surface area contributed by atoms with Crippen LogP contribution in [0.15, 0.2) is 75.3 Å². The van der Waals surface area contributed by atoms with Crippen molar-refractivity contribution in [1.29, 1.82) is 0 Å². The first kappa shape index (κ1) is 25.1. The van der Waals surface area contributed by atoms with E-state index in [4.69, 9.17) is 26.5 Å². The highest BCUT2D eigenvalue weighted by Crippen LogP contribution is 2.50. The van der Waals surface area contributed by atoms with Gasteiger partial charge in [-0.25, -0.2) is 9.79 Å². The number of halogens is 4. The van der Waals surface area contributed by atoms with Gasteiger partial charge in [0.1, 0.15) is 5.75 Å². The normalized spacial score (nSPS) is 15.1. The molecule has 0 amide bonds. The van der Waals surface area contributed by atoms with Crippen molar-refractivity contribution in [3.63, 3.8) is 0 Å². The van der Waals surface area contributed by atoms with Gasteiger partial charge in [-0.05, 0) is 54.2 Å². The van der Waals surface area contributed by atoms with E-state index in [-0.39, 0.29) is 33.3 Å². The zero-order chi connectivity index (χ0) is 25.3. The summed E-state index contributed by atoms with van der Waals surface area (Å²) < 4.78 is 54.4. The molecule has 180 valence electrons. The number of oxazole rings is 1. The number of alkyl halides is 3. The minimum absolute atomic E-state index is 0.000730. The lowest BCUT2D eigenvalue weighted by Crippen LogP contribution is -2.46. The van der Waals surface area contributed by atoms with Crippen molar-refractivity contribution < 1.29 is 27.4 Å². The SMILES string of the molecule is C=C(N=C/C=C\N)Oc1ccc([C@@H](C)[C@@](O)(c2ccc3oc(=O)n(C)c3c2)C(F)(F)F)c(Cl)c1. The number of aromatic nitrogens is 1. The summed E-state index contributed by atoms with van der Waals surface area (Å²) in [6, 6.07) is 7.36. The first-order valence-corrected chi connectivity index (χ1v) is 10.2. The lowest BCUT2D eigenvalue weighted by molar-refractivity contribution is -0.274. The summed E-state index contributed by atoms with van der Waals surface area (Å²) in [6.07, 6.45) is -1.03. The number of aliphatic imine (C=N–C) groups is 1. The molecule has 0 spiro atoms. The van der Waals surface area contributed by atoms with Crippen LogP contribution in [0.2, 0.25) is 5.02 Å². The van der Waals surface area contributed by atoms with Gasteiger partial charge in [0.15, 0.2) is 11.2 Å². The molecular weight excluding hydrogens is 475 g/mol. The zero-order valence-corrected chi connectivity index (χ0v) is 18.9. The molecule has 0 fully saturated rings. The van der Waals surface area contributed by atoms with Crippen molar-refractivity contribution in [3.8, 4) is 5.75 Å². The summed E-state index contributed by atoms with van der Waals surface area (Å²) in [5.41, 5.74) is 1.62. The molecule has 3 N–H and O–H groups in total. The second-order valence-corrected chi connectivity index (χ2v) is 7.84. The molecule has 3 rings (SSSR count). The van der Waals surface area contributed by atoms with Crippen molar-refractivity contribution in [1.82, 2.24) is 4.57 Å². The Morgan fingerprint density at radius 1 is 1.32 bits per heavy atom. The van der Waals surface area contributed by atoms with E-state index < -0.39 is 29.0 Å². The molecule has 2 aromatic carbocycles. The molecule has 7 nitrogen and oxygen atoms in total. The monoisotopic (exact) mass is 495 g/mol. The Balaban J connectivity index is 2.02. The predicted molar refractivity (Wildman–Crippen MR) is 123 cm³/mol. The number of fused-ring (bicyclic) bond motifs is 1. The molecule has 0 aliphatic heterocycles. The van der Waals surface area contributed by atoms with Gasteiger partial charge in [-0.2, -0.15) is 13.2 Å². The predicted octanol–water partition coefficient (Wildman–Crippen LogP) is 4.73. The van der Waals surface area contributed by atoms with Crippen molar-refractivity contribution in [2.45, 2.75) is 24.6 Å². The first-order chi connectivity index (χ1) is 15.9. The number of nitrogens with two attached hydrogens (primary N) is 1. The Hall–Kier alpha value is -3.50. The number of aliphatic hydroxyl groups is 1. The maximum absolute atomic E-state index is 14.3. The van der Waals surface area contributed by atoms with E-state index in [1.54, 1.807) is 0 Å². The van der Waals surface area contributed by atoms with Crippen molar-refractivity contribution in [2.75, 3.05) is 0 Å². The van der Waals surface area contributed by atoms with Crippen LogP contribution in [0.3, 0.4) is 0 Å². The standard InChI is InChI=1S/C23H21ClF3N3O4/c1-13(17-7-6-16(12-18(17)24)33-14(2)29-10-4-9-28)22(32,23(25,26)27)15-5-8-20-19(11-15)30(3)21(31)34-20/h4-13,32H,2,28H2,1,3H3/b9-4-,29-10?/t13-,22-/m1/s1. The summed E-state index contributed by atoms with van der Waals surface area (Å²) in [4.78, 5) is 15.6. The number of rotatable bonds is 7. The summed E-state index contributed by atoms with van der Waals surface area (Å²) in [5, 5.41) is 11.0. The molecular formula is C23H21ClF3N3O4. The van der Waals surface area contributed by atoms with E-state index in [9.17, 15) is 23.1 Å². The fourth-order valence-corrected chi connectivity index (χ4v) is 3.84. The van der Waals surface area contributed by atoms with E-state index in [2.05, 4.69) is 11.6 Å².